The number of aromatic nitrogens is 4. The van der Waals surface area contributed by atoms with Crippen molar-refractivity contribution in [3.8, 4) is 0 Å². The van der Waals surface area contributed by atoms with E-state index in [2.05, 4.69) is 15.0 Å². The summed E-state index contributed by atoms with van der Waals surface area (Å²) < 4.78 is 39.6. The fourth-order valence-corrected chi connectivity index (χ4v) is 2.92. The summed E-state index contributed by atoms with van der Waals surface area (Å²) in [6.07, 6.45) is -1.69. The van der Waals surface area contributed by atoms with Crippen LogP contribution in [0.2, 0.25) is 0 Å². The number of halogens is 3. The highest BCUT2D eigenvalue weighted by Crippen LogP contribution is 2.42. The van der Waals surface area contributed by atoms with E-state index >= 15 is 0 Å². The maximum Gasteiger partial charge on any atom is 0.391 e. The minimum absolute atomic E-state index is 0.0846. The normalized spacial score (nSPS) is 23.6. The highest BCUT2D eigenvalue weighted by molar-refractivity contribution is 5.69. The van der Waals surface area contributed by atoms with Gasteiger partial charge in [-0.1, -0.05) is 0 Å². The molecule has 114 valence electrons. The molecular weight excluding hydrogens is 285 g/mol. The van der Waals surface area contributed by atoms with Crippen LogP contribution < -0.4 is 5.56 Å². The maximum absolute atomic E-state index is 12.7. The summed E-state index contributed by atoms with van der Waals surface area (Å²) in [5, 5.41) is 0. The number of nitrogens with zero attached hydrogens (tertiary/aromatic N) is 3. The molecular formula is C13H15F3N4O. The number of fused-ring (bicyclic) bond motifs is 1. The molecule has 2 aromatic heterocycles. The van der Waals surface area contributed by atoms with Gasteiger partial charge in [-0.3, -0.25) is 4.79 Å². The number of rotatable bonds is 1. The van der Waals surface area contributed by atoms with E-state index < -0.39 is 12.1 Å². The highest BCUT2D eigenvalue weighted by atomic mass is 19.4. The van der Waals surface area contributed by atoms with E-state index in [1.807, 2.05) is 0 Å². The van der Waals surface area contributed by atoms with Crippen molar-refractivity contribution in [3.05, 3.63) is 22.5 Å². The van der Waals surface area contributed by atoms with Crippen LogP contribution in [-0.2, 0) is 7.05 Å². The molecule has 1 N–H and O–H groups in total. The van der Waals surface area contributed by atoms with Crippen molar-refractivity contribution in [1.29, 1.82) is 0 Å². The molecule has 0 aliphatic heterocycles. The number of hydrogen-bond donors (Lipinski definition) is 1. The van der Waals surface area contributed by atoms with Gasteiger partial charge in [-0.15, -0.1) is 0 Å². The molecule has 3 rings (SSSR count). The van der Waals surface area contributed by atoms with Gasteiger partial charge in [0.25, 0.3) is 5.56 Å². The molecule has 0 aromatic carbocycles. The molecule has 0 bridgehead atoms. The van der Waals surface area contributed by atoms with Crippen LogP contribution in [0.5, 0.6) is 0 Å². The number of aryl methyl sites for hydroxylation is 1. The van der Waals surface area contributed by atoms with E-state index in [0.717, 1.165) is 0 Å². The first kappa shape index (κ1) is 14.1. The average molecular weight is 300 g/mol. The van der Waals surface area contributed by atoms with Gasteiger partial charge in [-0.05, 0) is 25.7 Å². The topological polar surface area (TPSA) is 63.6 Å². The third-order valence-electron chi connectivity index (χ3n) is 4.17. The molecule has 0 spiro atoms. The van der Waals surface area contributed by atoms with Gasteiger partial charge in [-0.25, -0.2) is 9.97 Å². The Morgan fingerprint density at radius 1 is 1.29 bits per heavy atom. The molecule has 0 amide bonds. The molecule has 0 unspecified atom stereocenters. The van der Waals surface area contributed by atoms with Crippen LogP contribution in [0.15, 0.2) is 11.1 Å². The van der Waals surface area contributed by atoms with Crippen LogP contribution in [0, 0.1) is 5.92 Å². The van der Waals surface area contributed by atoms with Crippen molar-refractivity contribution < 1.29 is 13.2 Å². The lowest BCUT2D eigenvalue weighted by Crippen LogP contribution is -2.28. The fourth-order valence-electron chi connectivity index (χ4n) is 2.92. The third-order valence-corrected chi connectivity index (χ3v) is 4.17. The first-order valence-corrected chi connectivity index (χ1v) is 6.84. The Bertz CT molecular complexity index is 710. The molecule has 0 radical (unpaired) electrons. The molecule has 0 atom stereocenters. The Balaban J connectivity index is 1.86. The summed E-state index contributed by atoms with van der Waals surface area (Å²) in [6.45, 7) is 0. The minimum atomic E-state index is -4.13. The SMILES string of the molecule is Cn1cnc2c(=O)[nH]c(C3CCC(C(F)(F)F)CC3)nc21. The predicted octanol–water partition coefficient (Wildman–Crippen LogP) is 2.49. The minimum Gasteiger partial charge on any atom is -0.318 e. The van der Waals surface area contributed by atoms with Gasteiger partial charge < -0.3 is 9.55 Å². The Morgan fingerprint density at radius 3 is 2.57 bits per heavy atom. The highest BCUT2D eigenvalue weighted by Gasteiger charge is 2.41. The van der Waals surface area contributed by atoms with Crippen molar-refractivity contribution in [2.24, 2.45) is 13.0 Å². The summed E-state index contributed by atoms with van der Waals surface area (Å²) in [5.41, 5.74) is 0.380. The van der Waals surface area contributed by atoms with Gasteiger partial charge in [-0.2, -0.15) is 13.2 Å². The van der Waals surface area contributed by atoms with Crippen LogP contribution in [0.25, 0.3) is 11.2 Å². The third kappa shape index (κ3) is 2.54. The van der Waals surface area contributed by atoms with Crippen molar-refractivity contribution in [2.75, 3.05) is 0 Å². The number of aromatic amines is 1. The van der Waals surface area contributed by atoms with Crippen molar-refractivity contribution in [3.63, 3.8) is 0 Å². The molecule has 1 aliphatic rings. The van der Waals surface area contributed by atoms with Gasteiger partial charge in [0.15, 0.2) is 11.2 Å². The summed E-state index contributed by atoms with van der Waals surface area (Å²) in [5.74, 6) is -0.895. The largest absolute Gasteiger partial charge is 0.391 e. The number of H-pyrrole nitrogens is 1. The van der Waals surface area contributed by atoms with Crippen LogP contribution in [-0.4, -0.2) is 25.7 Å². The van der Waals surface area contributed by atoms with E-state index in [4.69, 9.17) is 0 Å². The van der Waals surface area contributed by atoms with Gasteiger partial charge in [0, 0.05) is 13.0 Å². The van der Waals surface area contributed by atoms with Crippen LogP contribution in [0.1, 0.15) is 37.4 Å². The first-order valence-electron chi connectivity index (χ1n) is 6.84. The second-order valence-corrected chi connectivity index (χ2v) is 5.57. The summed E-state index contributed by atoms with van der Waals surface area (Å²) >= 11 is 0. The van der Waals surface area contributed by atoms with Gasteiger partial charge in [0.2, 0.25) is 0 Å². The molecule has 1 aliphatic carbocycles. The smallest absolute Gasteiger partial charge is 0.318 e. The van der Waals surface area contributed by atoms with E-state index in [1.54, 1.807) is 11.6 Å². The predicted molar refractivity (Wildman–Crippen MR) is 69.9 cm³/mol. The Morgan fingerprint density at radius 2 is 1.95 bits per heavy atom. The molecule has 5 nitrogen and oxygen atoms in total. The maximum atomic E-state index is 12.7. The monoisotopic (exact) mass is 300 g/mol. The molecule has 2 aromatic rings. The zero-order valence-electron chi connectivity index (χ0n) is 11.4. The standard InChI is InChI=1S/C13H15F3N4O/c1-20-6-17-9-11(20)18-10(19-12(9)21)7-2-4-8(5-3-7)13(14,15)16/h6-8H,2-5H2,1H3,(H,18,19,21). The average Bonchev–Trinajstić information content (AvgIpc) is 2.80. The first-order chi connectivity index (χ1) is 9.86. The lowest BCUT2D eigenvalue weighted by atomic mass is 9.81. The van der Waals surface area contributed by atoms with Crippen LogP contribution in [0.4, 0.5) is 13.2 Å². The van der Waals surface area contributed by atoms with Crippen molar-refractivity contribution >= 4 is 11.2 Å². The zero-order chi connectivity index (χ0) is 15.2. The van der Waals surface area contributed by atoms with Gasteiger partial charge >= 0.3 is 6.18 Å². The number of hydrogen-bond acceptors (Lipinski definition) is 3. The molecule has 1 fully saturated rings. The summed E-state index contributed by atoms with van der Waals surface area (Å²) in [6, 6.07) is 0. The Kier molecular flexibility index (Phi) is 3.26. The van der Waals surface area contributed by atoms with Gasteiger partial charge in [0.1, 0.15) is 5.82 Å². The quantitative estimate of drug-likeness (QED) is 0.880. The van der Waals surface area contributed by atoms with Crippen molar-refractivity contribution in [2.45, 2.75) is 37.8 Å². The lowest BCUT2D eigenvalue weighted by molar-refractivity contribution is -0.182. The van der Waals surface area contributed by atoms with E-state index in [0.29, 0.717) is 24.3 Å². The number of nitrogens with one attached hydrogen (secondary N) is 1. The van der Waals surface area contributed by atoms with Crippen molar-refractivity contribution in [1.82, 2.24) is 19.5 Å². The molecule has 21 heavy (non-hydrogen) atoms. The molecule has 1 saturated carbocycles. The van der Waals surface area contributed by atoms with E-state index in [-0.39, 0.29) is 29.8 Å². The second kappa shape index (κ2) is 4.85. The summed E-state index contributed by atoms with van der Waals surface area (Å²) in [7, 11) is 1.73. The van der Waals surface area contributed by atoms with E-state index in [1.165, 1.54) is 6.33 Å². The molecule has 8 heteroatoms. The summed E-state index contributed by atoms with van der Waals surface area (Å²) in [4.78, 5) is 22.9. The fraction of sp³-hybridized carbons (Fsp3) is 0.615. The van der Waals surface area contributed by atoms with Gasteiger partial charge in [0.05, 0.1) is 12.2 Å². The van der Waals surface area contributed by atoms with E-state index in [9.17, 15) is 18.0 Å². The molecule has 2 heterocycles. The Labute approximate surface area is 118 Å². The number of alkyl halides is 3. The Hall–Kier alpha value is -1.86. The number of imidazole rings is 1. The lowest BCUT2D eigenvalue weighted by Gasteiger charge is -2.29. The van der Waals surface area contributed by atoms with Crippen LogP contribution in [0.3, 0.4) is 0 Å². The molecule has 0 saturated heterocycles. The van der Waals surface area contributed by atoms with Crippen LogP contribution >= 0.6 is 0 Å². The second-order valence-electron chi connectivity index (χ2n) is 5.57. The zero-order valence-corrected chi connectivity index (χ0v) is 11.4.